The van der Waals surface area contributed by atoms with Crippen molar-refractivity contribution in [1.29, 1.82) is 0 Å². The number of carbonyl (C=O) groups is 2. The fourth-order valence-corrected chi connectivity index (χ4v) is 2.35. The van der Waals surface area contributed by atoms with Crippen LogP contribution in [0.2, 0.25) is 10.0 Å². The first-order valence-electron chi connectivity index (χ1n) is 7.50. The number of anilines is 1. The number of carbonyl (C=O) groups excluding carboxylic acids is 2. The van der Waals surface area contributed by atoms with Crippen LogP contribution in [-0.4, -0.2) is 11.8 Å². The maximum absolute atomic E-state index is 13.6. The molecule has 25 heavy (non-hydrogen) atoms. The lowest BCUT2D eigenvalue weighted by Gasteiger charge is -2.23. The molecule has 0 bridgehead atoms. The van der Waals surface area contributed by atoms with E-state index >= 15 is 0 Å². The summed E-state index contributed by atoms with van der Waals surface area (Å²) in [4.78, 5) is 24.8. The summed E-state index contributed by atoms with van der Waals surface area (Å²) >= 11 is 11.9. The fourth-order valence-electron chi connectivity index (χ4n) is 2.01. The molecule has 7 heteroatoms. The van der Waals surface area contributed by atoms with Gasteiger partial charge < -0.3 is 10.6 Å². The Bertz CT molecular complexity index is 809. The highest BCUT2D eigenvalue weighted by molar-refractivity contribution is 6.35. The Morgan fingerprint density at radius 3 is 2.44 bits per heavy atom. The van der Waals surface area contributed by atoms with Crippen molar-refractivity contribution in [3.63, 3.8) is 0 Å². The van der Waals surface area contributed by atoms with Crippen LogP contribution in [0.15, 0.2) is 42.5 Å². The number of benzene rings is 2. The predicted molar refractivity (Wildman–Crippen MR) is 97.1 cm³/mol. The summed E-state index contributed by atoms with van der Waals surface area (Å²) in [6.07, 6.45) is 0. The van der Waals surface area contributed by atoms with Crippen molar-refractivity contribution in [3.05, 3.63) is 63.9 Å². The lowest BCUT2D eigenvalue weighted by Crippen LogP contribution is -2.45. The molecule has 0 radical (unpaired) electrons. The predicted octanol–water partition coefficient (Wildman–Crippen LogP) is 4.41. The number of nitrogens with one attached hydrogen (secondary N) is 2. The van der Waals surface area contributed by atoms with E-state index in [-0.39, 0.29) is 6.54 Å². The first-order chi connectivity index (χ1) is 11.7. The van der Waals surface area contributed by atoms with Crippen molar-refractivity contribution in [1.82, 2.24) is 5.32 Å². The summed E-state index contributed by atoms with van der Waals surface area (Å²) in [7, 11) is 0. The zero-order valence-electron chi connectivity index (χ0n) is 13.7. The van der Waals surface area contributed by atoms with Gasteiger partial charge >= 0.3 is 0 Å². The van der Waals surface area contributed by atoms with Crippen molar-refractivity contribution in [2.45, 2.75) is 20.4 Å². The van der Waals surface area contributed by atoms with Crippen LogP contribution >= 0.6 is 23.2 Å². The lowest BCUT2D eigenvalue weighted by molar-refractivity contribution is -0.138. The highest BCUT2D eigenvalue weighted by Gasteiger charge is 2.36. The molecule has 0 fully saturated rings. The molecule has 0 unspecified atom stereocenters. The molecule has 0 aliphatic heterocycles. The van der Waals surface area contributed by atoms with E-state index in [1.807, 2.05) is 0 Å². The molecule has 2 aromatic rings. The van der Waals surface area contributed by atoms with Crippen LogP contribution in [0.5, 0.6) is 0 Å². The molecule has 0 aromatic heterocycles. The van der Waals surface area contributed by atoms with Crippen molar-refractivity contribution in [3.8, 4) is 0 Å². The maximum Gasteiger partial charge on any atom is 0.239 e. The minimum Gasteiger partial charge on any atom is -0.351 e. The number of hydrogen-bond donors (Lipinski definition) is 2. The van der Waals surface area contributed by atoms with Crippen molar-refractivity contribution < 1.29 is 14.0 Å². The van der Waals surface area contributed by atoms with Gasteiger partial charge in [0.1, 0.15) is 11.2 Å². The Morgan fingerprint density at radius 1 is 1.08 bits per heavy atom. The molecule has 2 rings (SSSR count). The molecule has 2 aromatic carbocycles. The largest absolute Gasteiger partial charge is 0.351 e. The second-order valence-corrected chi connectivity index (χ2v) is 6.82. The van der Waals surface area contributed by atoms with Crippen molar-refractivity contribution in [2.24, 2.45) is 5.41 Å². The van der Waals surface area contributed by atoms with E-state index in [2.05, 4.69) is 10.6 Å². The molecule has 132 valence electrons. The Morgan fingerprint density at radius 2 is 1.76 bits per heavy atom. The minimum absolute atomic E-state index is 0.0138. The fraction of sp³-hybridized carbons (Fsp3) is 0.222. The van der Waals surface area contributed by atoms with E-state index in [9.17, 15) is 14.0 Å². The van der Waals surface area contributed by atoms with Gasteiger partial charge in [-0.15, -0.1) is 0 Å². The summed E-state index contributed by atoms with van der Waals surface area (Å²) in [5.41, 5.74) is -0.740. The summed E-state index contributed by atoms with van der Waals surface area (Å²) < 4.78 is 13.6. The summed E-state index contributed by atoms with van der Waals surface area (Å²) in [5.74, 6) is -1.51. The average molecular weight is 383 g/mol. The Hall–Kier alpha value is -2.11. The van der Waals surface area contributed by atoms with Gasteiger partial charge in [-0.3, -0.25) is 9.59 Å². The molecule has 0 aliphatic rings. The minimum atomic E-state index is -1.39. The van der Waals surface area contributed by atoms with Crippen molar-refractivity contribution >= 4 is 40.7 Å². The molecule has 0 atom stereocenters. The van der Waals surface area contributed by atoms with Gasteiger partial charge in [0.2, 0.25) is 11.8 Å². The lowest BCUT2D eigenvalue weighted by atomic mass is 9.90. The highest BCUT2D eigenvalue weighted by atomic mass is 35.5. The molecule has 0 saturated heterocycles. The van der Waals surface area contributed by atoms with Gasteiger partial charge in [0, 0.05) is 17.1 Å². The standard InChI is InChI=1S/C18H17Cl2FN2O2/c1-18(2,16(24)22-10-11-5-3-4-6-14(11)21)17(25)23-15-9-12(19)7-8-13(15)20/h3-9H,10H2,1-2H3,(H,22,24)(H,23,25). The number of hydrogen-bond acceptors (Lipinski definition) is 2. The maximum atomic E-state index is 13.6. The number of rotatable bonds is 5. The smallest absolute Gasteiger partial charge is 0.239 e. The highest BCUT2D eigenvalue weighted by Crippen LogP contribution is 2.27. The summed E-state index contributed by atoms with van der Waals surface area (Å²) in [6, 6.07) is 10.7. The monoisotopic (exact) mass is 382 g/mol. The molecule has 0 saturated carbocycles. The molecule has 4 nitrogen and oxygen atoms in total. The van der Waals surface area contributed by atoms with Gasteiger partial charge in [-0.2, -0.15) is 0 Å². The van der Waals surface area contributed by atoms with Crippen LogP contribution in [-0.2, 0) is 16.1 Å². The van der Waals surface area contributed by atoms with Crippen LogP contribution in [0.1, 0.15) is 19.4 Å². The summed E-state index contributed by atoms with van der Waals surface area (Å²) in [5, 5.41) is 5.88. The number of halogens is 3. The van der Waals surface area contributed by atoms with E-state index in [0.29, 0.717) is 21.3 Å². The average Bonchev–Trinajstić information content (AvgIpc) is 2.57. The van der Waals surface area contributed by atoms with Crippen LogP contribution in [0.3, 0.4) is 0 Å². The van der Waals surface area contributed by atoms with Gasteiger partial charge in [0.15, 0.2) is 0 Å². The molecule has 0 aliphatic carbocycles. The van der Waals surface area contributed by atoms with Crippen LogP contribution < -0.4 is 10.6 Å². The van der Waals surface area contributed by atoms with E-state index in [0.717, 1.165) is 0 Å². The second kappa shape index (κ2) is 7.85. The van der Waals surface area contributed by atoms with E-state index < -0.39 is 23.0 Å². The quantitative estimate of drug-likeness (QED) is 0.752. The zero-order valence-corrected chi connectivity index (χ0v) is 15.2. The first-order valence-corrected chi connectivity index (χ1v) is 8.25. The van der Waals surface area contributed by atoms with Gasteiger partial charge in [-0.05, 0) is 38.1 Å². The van der Waals surface area contributed by atoms with Crippen LogP contribution in [0, 0.1) is 11.2 Å². The second-order valence-electron chi connectivity index (χ2n) is 5.98. The third-order valence-corrected chi connectivity index (χ3v) is 4.27. The molecule has 0 heterocycles. The van der Waals surface area contributed by atoms with Crippen molar-refractivity contribution in [2.75, 3.05) is 5.32 Å². The molecular formula is C18H17Cl2FN2O2. The SMILES string of the molecule is CC(C)(C(=O)NCc1ccccc1F)C(=O)Nc1cc(Cl)ccc1Cl. The van der Waals surface area contributed by atoms with E-state index in [1.54, 1.807) is 30.3 Å². The molecule has 2 amide bonds. The van der Waals surface area contributed by atoms with Crippen LogP contribution in [0.25, 0.3) is 0 Å². The van der Waals surface area contributed by atoms with Crippen LogP contribution in [0.4, 0.5) is 10.1 Å². The Labute approximate surface area is 155 Å². The van der Waals surface area contributed by atoms with Gasteiger partial charge in [0.05, 0.1) is 10.7 Å². The topological polar surface area (TPSA) is 58.2 Å². The Kier molecular flexibility index (Phi) is 6.03. The zero-order chi connectivity index (χ0) is 18.6. The van der Waals surface area contributed by atoms with E-state index in [1.165, 1.54) is 26.0 Å². The third-order valence-electron chi connectivity index (χ3n) is 3.71. The van der Waals surface area contributed by atoms with Gasteiger partial charge in [-0.1, -0.05) is 41.4 Å². The number of amides is 2. The molecule has 0 spiro atoms. The Balaban J connectivity index is 2.06. The molecular weight excluding hydrogens is 366 g/mol. The van der Waals surface area contributed by atoms with Gasteiger partial charge in [0.25, 0.3) is 0 Å². The summed E-state index contributed by atoms with van der Waals surface area (Å²) in [6.45, 7) is 2.93. The first kappa shape index (κ1) is 19.2. The molecule has 2 N–H and O–H groups in total. The normalized spacial score (nSPS) is 11.1. The third kappa shape index (κ3) is 4.71. The van der Waals surface area contributed by atoms with Gasteiger partial charge in [-0.25, -0.2) is 4.39 Å². The van der Waals surface area contributed by atoms with E-state index in [4.69, 9.17) is 23.2 Å².